The molecule has 0 aliphatic rings. The first-order chi connectivity index (χ1) is 7.15. The molecule has 3 N–H and O–H groups in total. The monoisotopic (exact) mass is 211 g/mol. The summed E-state index contributed by atoms with van der Waals surface area (Å²) in [6.07, 6.45) is 0. The largest absolute Gasteiger partial charge is 0.497 e. The molecule has 0 atom stereocenters. The van der Waals surface area contributed by atoms with E-state index in [2.05, 4.69) is 0 Å². The van der Waals surface area contributed by atoms with Gasteiger partial charge in [0.25, 0.3) is 0 Å². The van der Waals surface area contributed by atoms with Gasteiger partial charge in [0.15, 0.2) is 6.61 Å². The van der Waals surface area contributed by atoms with Crippen LogP contribution in [0.2, 0.25) is 0 Å². The predicted octanol–water partition coefficient (Wildman–Crippen LogP) is 0.617. The molecule has 0 saturated carbocycles. The van der Waals surface area contributed by atoms with Gasteiger partial charge < -0.3 is 20.3 Å². The van der Waals surface area contributed by atoms with E-state index in [1.54, 1.807) is 18.2 Å². The van der Waals surface area contributed by atoms with E-state index < -0.39 is 5.97 Å². The number of aliphatic carboxylic acids is 1. The van der Waals surface area contributed by atoms with Crippen LogP contribution in [0.1, 0.15) is 5.56 Å². The molecule has 0 aliphatic carbocycles. The van der Waals surface area contributed by atoms with Crippen molar-refractivity contribution in [2.75, 3.05) is 13.7 Å². The summed E-state index contributed by atoms with van der Waals surface area (Å²) < 4.78 is 10.0. The minimum atomic E-state index is -1.02. The predicted molar refractivity (Wildman–Crippen MR) is 54.0 cm³/mol. The fraction of sp³-hybridized carbons (Fsp3) is 0.300. The smallest absolute Gasteiger partial charge is 0.341 e. The first kappa shape index (κ1) is 11.3. The topological polar surface area (TPSA) is 81.8 Å². The van der Waals surface area contributed by atoms with Gasteiger partial charge in [-0.3, -0.25) is 0 Å². The Morgan fingerprint density at radius 3 is 2.60 bits per heavy atom. The number of nitrogens with two attached hydrogens (primary N) is 1. The van der Waals surface area contributed by atoms with Crippen molar-refractivity contribution in [2.24, 2.45) is 5.73 Å². The van der Waals surface area contributed by atoms with Gasteiger partial charge in [0.2, 0.25) is 0 Å². The third-order valence-electron chi connectivity index (χ3n) is 1.77. The molecular formula is C10H13NO4. The van der Waals surface area contributed by atoms with E-state index in [0.29, 0.717) is 18.0 Å². The first-order valence-electron chi connectivity index (χ1n) is 4.38. The van der Waals surface area contributed by atoms with Gasteiger partial charge >= 0.3 is 5.97 Å². The van der Waals surface area contributed by atoms with Gasteiger partial charge in [0.1, 0.15) is 11.5 Å². The number of rotatable bonds is 5. The molecule has 0 bridgehead atoms. The van der Waals surface area contributed by atoms with Crippen molar-refractivity contribution in [2.45, 2.75) is 6.54 Å². The molecule has 0 spiro atoms. The van der Waals surface area contributed by atoms with Gasteiger partial charge in [-0.05, 0) is 17.7 Å². The number of hydrogen-bond acceptors (Lipinski definition) is 4. The van der Waals surface area contributed by atoms with Crippen molar-refractivity contribution in [1.82, 2.24) is 0 Å². The van der Waals surface area contributed by atoms with E-state index in [4.69, 9.17) is 20.3 Å². The Kier molecular flexibility index (Phi) is 3.93. The van der Waals surface area contributed by atoms with E-state index >= 15 is 0 Å². The molecule has 0 aromatic heterocycles. The molecule has 0 fully saturated rings. The Bertz CT molecular complexity index is 329. The molecule has 0 saturated heterocycles. The van der Waals surface area contributed by atoms with Crippen molar-refractivity contribution < 1.29 is 19.4 Å². The van der Waals surface area contributed by atoms with Crippen molar-refractivity contribution in [3.8, 4) is 11.5 Å². The van der Waals surface area contributed by atoms with Crippen molar-refractivity contribution in [1.29, 1.82) is 0 Å². The number of methoxy groups -OCH3 is 1. The highest BCUT2D eigenvalue weighted by Gasteiger charge is 2.03. The molecule has 0 amide bonds. The Balaban J connectivity index is 2.81. The summed E-state index contributed by atoms with van der Waals surface area (Å²) in [5.74, 6) is 0.0163. The number of hydrogen-bond donors (Lipinski definition) is 2. The zero-order valence-corrected chi connectivity index (χ0v) is 8.40. The van der Waals surface area contributed by atoms with Gasteiger partial charge in [-0.1, -0.05) is 0 Å². The summed E-state index contributed by atoms with van der Waals surface area (Å²) in [5, 5.41) is 8.45. The SMILES string of the molecule is COc1cc(CN)cc(OCC(=O)O)c1. The van der Waals surface area contributed by atoms with Crippen LogP contribution in [0.15, 0.2) is 18.2 Å². The Labute approximate surface area is 87.4 Å². The van der Waals surface area contributed by atoms with Crippen LogP contribution in [0.5, 0.6) is 11.5 Å². The Hall–Kier alpha value is -1.75. The molecule has 5 heteroatoms. The lowest BCUT2D eigenvalue weighted by Gasteiger charge is -2.08. The third-order valence-corrected chi connectivity index (χ3v) is 1.77. The van der Waals surface area contributed by atoms with Crippen LogP contribution in [0.3, 0.4) is 0 Å². The molecule has 1 rings (SSSR count). The minimum Gasteiger partial charge on any atom is -0.497 e. The van der Waals surface area contributed by atoms with Gasteiger partial charge in [-0.2, -0.15) is 0 Å². The van der Waals surface area contributed by atoms with Crippen LogP contribution in [-0.4, -0.2) is 24.8 Å². The molecule has 0 heterocycles. The molecule has 5 nitrogen and oxygen atoms in total. The molecule has 82 valence electrons. The minimum absolute atomic E-state index is 0.348. The van der Waals surface area contributed by atoms with Crippen LogP contribution >= 0.6 is 0 Å². The van der Waals surface area contributed by atoms with Crippen molar-refractivity contribution in [3.63, 3.8) is 0 Å². The zero-order valence-electron chi connectivity index (χ0n) is 8.40. The average Bonchev–Trinajstić information content (AvgIpc) is 2.25. The molecular weight excluding hydrogens is 198 g/mol. The molecule has 0 radical (unpaired) electrons. The summed E-state index contributed by atoms with van der Waals surface area (Å²) >= 11 is 0. The lowest BCUT2D eigenvalue weighted by Crippen LogP contribution is -2.10. The highest BCUT2D eigenvalue weighted by molar-refractivity contribution is 5.68. The summed E-state index contributed by atoms with van der Waals surface area (Å²) in [7, 11) is 1.52. The summed E-state index contributed by atoms with van der Waals surface area (Å²) in [4.78, 5) is 10.3. The lowest BCUT2D eigenvalue weighted by molar-refractivity contribution is -0.139. The van der Waals surface area contributed by atoms with Crippen LogP contribution in [0, 0.1) is 0 Å². The van der Waals surface area contributed by atoms with Gasteiger partial charge in [0.05, 0.1) is 7.11 Å². The average molecular weight is 211 g/mol. The van der Waals surface area contributed by atoms with E-state index in [1.807, 2.05) is 0 Å². The molecule has 1 aromatic carbocycles. The Morgan fingerprint density at radius 1 is 1.40 bits per heavy atom. The standard InChI is InChI=1S/C10H13NO4/c1-14-8-2-7(5-11)3-9(4-8)15-6-10(12)13/h2-4H,5-6,11H2,1H3,(H,12,13). The maximum absolute atomic E-state index is 10.3. The summed E-state index contributed by atoms with van der Waals surface area (Å²) in [6, 6.07) is 5.07. The van der Waals surface area contributed by atoms with Gasteiger partial charge in [-0.25, -0.2) is 4.79 Å². The summed E-state index contributed by atoms with van der Waals surface area (Å²) in [5.41, 5.74) is 6.30. The summed E-state index contributed by atoms with van der Waals surface area (Å²) in [6.45, 7) is -0.0299. The highest BCUT2D eigenvalue weighted by Crippen LogP contribution is 2.22. The van der Waals surface area contributed by atoms with Crippen molar-refractivity contribution in [3.05, 3.63) is 23.8 Å². The zero-order chi connectivity index (χ0) is 11.3. The normalized spacial score (nSPS) is 9.73. The van der Waals surface area contributed by atoms with Gasteiger partial charge in [0, 0.05) is 12.6 Å². The molecule has 15 heavy (non-hydrogen) atoms. The quantitative estimate of drug-likeness (QED) is 0.746. The third kappa shape index (κ3) is 3.47. The maximum Gasteiger partial charge on any atom is 0.341 e. The number of carbonyl (C=O) groups is 1. The second kappa shape index (κ2) is 5.21. The van der Waals surface area contributed by atoms with E-state index in [9.17, 15) is 4.79 Å². The lowest BCUT2D eigenvalue weighted by atomic mass is 10.2. The molecule has 1 aromatic rings. The van der Waals surface area contributed by atoms with Crippen LogP contribution in [0.4, 0.5) is 0 Å². The van der Waals surface area contributed by atoms with Crippen LogP contribution in [-0.2, 0) is 11.3 Å². The molecule has 0 aliphatic heterocycles. The number of ether oxygens (including phenoxy) is 2. The van der Waals surface area contributed by atoms with Crippen LogP contribution in [0.25, 0.3) is 0 Å². The number of carboxylic acid groups (broad SMARTS) is 1. The van der Waals surface area contributed by atoms with Gasteiger partial charge in [-0.15, -0.1) is 0 Å². The fourth-order valence-corrected chi connectivity index (χ4v) is 1.09. The molecule has 0 unspecified atom stereocenters. The van der Waals surface area contributed by atoms with E-state index in [1.165, 1.54) is 7.11 Å². The van der Waals surface area contributed by atoms with E-state index in [-0.39, 0.29) is 6.61 Å². The second-order valence-corrected chi connectivity index (χ2v) is 2.90. The van der Waals surface area contributed by atoms with E-state index in [0.717, 1.165) is 5.56 Å². The van der Waals surface area contributed by atoms with Crippen LogP contribution < -0.4 is 15.2 Å². The maximum atomic E-state index is 10.3. The highest BCUT2D eigenvalue weighted by atomic mass is 16.5. The fourth-order valence-electron chi connectivity index (χ4n) is 1.09. The second-order valence-electron chi connectivity index (χ2n) is 2.90. The Morgan fingerprint density at radius 2 is 2.07 bits per heavy atom. The number of benzene rings is 1. The first-order valence-corrected chi connectivity index (χ1v) is 4.38. The number of carboxylic acids is 1. The van der Waals surface area contributed by atoms with Crippen molar-refractivity contribution >= 4 is 5.97 Å².